The lowest BCUT2D eigenvalue weighted by molar-refractivity contribution is 0.593. The molecule has 0 atom stereocenters. The van der Waals surface area contributed by atoms with Crippen LogP contribution in [0, 0.1) is 0 Å². The fourth-order valence-electron chi connectivity index (χ4n) is 0.952. The maximum atomic E-state index is 11.3. The summed E-state index contributed by atoms with van der Waals surface area (Å²) in [5.74, 6) is 0.103. The third-order valence-electron chi connectivity index (χ3n) is 1.90. The van der Waals surface area contributed by atoms with Crippen molar-refractivity contribution in [3.63, 3.8) is 0 Å². The molecule has 0 saturated carbocycles. The number of sulfone groups is 1. The van der Waals surface area contributed by atoms with Crippen LogP contribution in [-0.2, 0) is 16.3 Å². The molecule has 13 heavy (non-hydrogen) atoms. The molecular weight excluding hydrogens is 186 g/mol. The molecule has 1 aromatic heterocycles. The van der Waals surface area contributed by atoms with Gasteiger partial charge in [-0.2, -0.15) is 0 Å². The highest BCUT2D eigenvalue weighted by atomic mass is 32.2. The molecular formula is C9H13NO2S. The van der Waals surface area contributed by atoms with Gasteiger partial charge in [-0.05, 0) is 18.1 Å². The van der Waals surface area contributed by atoms with E-state index in [2.05, 4.69) is 4.98 Å². The summed E-state index contributed by atoms with van der Waals surface area (Å²) in [6, 6.07) is 3.37. The predicted molar refractivity (Wildman–Crippen MR) is 51.3 cm³/mol. The second-order valence-corrected chi connectivity index (χ2v) is 4.99. The first kappa shape index (κ1) is 10.2. The van der Waals surface area contributed by atoms with Crippen LogP contribution in [0.3, 0.4) is 0 Å². The molecule has 0 amide bonds. The van der Waals surface area contributed by atoms with E-state index in [0.717, 1.165) is 12.0 Å². The monoisotopic (exact) mass is 199 g/mol. The summed E-state index contributed by atoms with van der Waals surface area (Å²) in [5, 5.41) is 0.173. The highest BCUT2D eigenvalue weighted by Crippen LogP contribution is 2.08. The first-order chi connectivity index (χ1) is 6.10. The van der Waals surface area contributed by atoms with Crippen molar-refractivity contribution < 1.29 is 8.42 Å². The molecule has 0 bridgehead atoms. The van der Waals surface area contributed by atoms with Crippen LogP contribution in [0.25, 0.3) is 0 Å². The van der Waals surface area contributed by atoms with Gasteiger partial charge in [0.05, 0.1) is 5.75 Å². The largest absolute Gasteiger partial charge is 0.244 e. The fourth-order valence-corrected chi connectivity index (χ4v) is 1.74. The van der Waals surface area contributed by atoms with Gasteiger partial charge < -0.3 is 0 Å². The second kappa shape index (κ2) is 3.87. The van der Waals surface area contributed by atoms with Gasteiger partial charge in [0, 0.05) is 6.20 Å². The molecule has 1 heterocycles. The van der Waals surface area contributed by atoms with E-state index in [1.807, 2.05) is 6.92 Å². The minimum atomic E-state index is -3.13. The molecule has 0 aliphatic rings. The van der Waals surface area contributed by atoms with Crippen molar-refractivity contribution in [2.45, 2.75) is 25.3 Å². The van der Waals surface area contributed by atoms with Crippen LogP contribution in [-0.4, -0.2) is 19.2 Å². The summed E-state index contributed by atoms with van der Waals surface area (Å²) in [5.41, 5.74) is 1.05. The SMILES string of the molecule is CCc1ccc(S(=O)(=O)CC)nc1. The zero-order valence-electron chi connectivity index (χ0n) is 7.82. The average Bonchev–Trinajstić information content (AvgIpc) is 2.18. The Balaban J connectivity index is 3.06. The lowest BCUT2D eigenvalue weighted by Gasteiger charge is -2.00. The van der Waals surface area contributed by atoms with Gasteiger partial charge in [-0.3, -0.25) is 0 Å². The molecule has 4 heteroatoms. The number of aromatic nitrogens is 1. The van der Waals surface area contributed by atoms with Gasteiger partial charge in [0.15, 0.2) is 14.9 Å². The summed E-state index contributed by atoms with van der Waals surface area (Å²) in [4.78, 5) is 3.90. The topological polar surface area (TPSA) is 47.0 Å². The minimum Gasteiger partial charge on any atom is -0.244 e. The van der Waals surface area contributed by atoms with E-state index in [1.54, 1.807) is 25.3 Å². The van der Waals surface area contributed by atoms with Gasteiger partial charge in [0.1, 0.15) is 0 Å². The van der Waals surface area contributed by atoms with Crippen molar-refractivity contribution in [1.29, 1.82) is 0 Å². The van der Waals surface area contributed by atoms with Crippen LogP contribution < -0.4 is 0 Å². The quantitative estimate of drug-likeness (QED) is 0.740. The number of nitrogens with zero attached hydrogens (tertiary/aromatic N) is 1. The molecule has 0 aromatic carbocycles. The molecule has 0 N–H and O–H groups in total. The molecule has 0 unspecified atom stereocenters. The minimum absolute atomic E-state index is 0.103. The van der Waals surface area contributed by atoms with E-state index in [4.69, 9.17) is 0 Å². The molecule has 0 spiro atoms. The van der Waals surface area contributed by atoms with Crippen LogP contribution in [0.15, 0.2) is 23.4 Å². The number of aryl methyl sites for hydroxylation is 1. The van der Waals surface area contributed by atoms with E-state index in [-0.39, 0.29) is 10.8 Å². The Hall–Kier alpha value is -0.900. The number of hydrogen-bond donors (Lipinski definition) is 0. The number of pyridine rings is 1. The van der Waals surface area contributed by atoms with Gasteiger partial charge in [-0.25, -0.2) is 13.4 Å². The van der Waals surface area contributed by atoms with Crippen molar-refractivity contribution >= 4 is 9.84 Å². The van der Waals surface area contributed by atoms with Crippen LogP contribution in [0.1, 0.15) is 19.4 Å². The Morgan fingerprint density at radius 1 is 1.31 bits per heavy atom. The maximum absolute atomic E-state index is 11.3. The smallest absolute Gasteiger partial charge is 0.195 e. The van der Waals surface area contributed by atoms with Crippen molar-refractivity contribution in [2.75, 3.05) is 5.75 Å². The first-order valence-corrected chi connectivity index (χ1v) is 5.93. The molecule has 0 saturated heterocycles. The maximum Gasteiger partial charge on any atom is 0.195 e. The molecule has 72 valence electrons. The summed E-state index contributed by atoms with van der Waals surface area (Å²) in [6.07, 6.45) is 2.49. The standard InChI is InChI=1S/C9H13NO2S/c1-3-8-5-6-9(10-7-8)13(11,12)4-2/h5-7H,3-4H2,1-2H3. The Labute approximate surface area is 78.7 Å². The Kier molecular flexibility index (Phi) is 3.03. The molecule has 0 aliphatic heterocycles. The summed E-state index contributed by atoms with van der Waals surface area (Å²) in [6.45, 7) is 3.62. The summed E-state index contributed by atoms with van der Waals surface area (Å²) in [7, 11) is -3.13. The van der Waals surface area contributed by atoms with Crippen molar-refractivity contribution in [3.8, 4) is 0 Å². The molecule has 0 radical (unpaired) electrons. The van der Waals surface area contributed by atoms with Crippen LogP contribution >= 0.6 is 0 Å². The molecule has 0 fully saturated rings. The normalized spacial score (nSPS) is 11.5. The Morgan fingerprint density at radius 2 is 2.00 bits per heavy atom. The lowest BCUT2D eigenvalue weighted by atomic mass is 10.2. The van der Waals surface area contributed by atoms with E-state index >= 15 is 0 Å². The fraction of sp³-hybridized carbons (Fsp3) is 0.444. The number of hydrogen-bond acceptors (Lipinski definition) is 3. The third kappa shape index (κ3) is 2.28. The van der Waals surface area contributed by atoms with E-state index < -0.39 is 9.84 Å². The van der Waals surface area contributed by atoms with Gasteiger partial charge >= 0.3 is 0 Å². The Bertz CT molecular complexity index is 367. The predicted octanol–water partition coefficient (Wildman–Crippen LogP) is 1.44. The van der Waals surface area contributed by atoms with E-state index in [0.29, 0.717) is 0 Å². The van der Waals surface area contributed by atoms with E-state index in [1.165, 1.54) is 0 Å². The number of rotatable bonds is 3. The van der Waals surface area contributed by atoms with Gasteiger partial charge in [0.25, 0.3) is 0 Å². The molecule has 3 nitrogen and oxygen atoms in total. The first-order valence-electron chi connectivity index (χ1n) is 4.28. The van der Waals surface area contributed by atoms with Crippen LogP contribution in [0.4, 0.5) is 0 Å². The van der Waals surface area contributed by atoms with Crippen LogP contribution in [0.2, 0.25) is 0 Å². The van der Waals surface area contributed by atoms with Gasteiger partial charge in [0.2, 0.25) is 0 Å². The Morgan fingerprint density at radius 3 is 2.38 bits per heavy atom. The molecule has 1 aromatic rings. The zero-order valence-corrected chi connectivity index (χ0v) is 8.63. The highest BCUT2D eigenvalue weighted by molar-refractivity contribution is 7.91. The molecule has 1 rings (SSSR count). The lowest BCUT2D eigenvalue weighted by Crippen LogP contribution is -2.05. The highest BCUT2D eigenvalue weighted by Gasteiger charge is 2.11. The zero-order chi connectivity index (χ0) is 9.90. The van der Waals surface area contributed by atoms with Crippen molar-refractivity contribution in [2.24, 2.45) is 0 Å². The van der Waals surface area contributed by atoms with Crippen LogP contribution in [0.5, 0.6) is 0 Å². The van der Waals surface area contributed by atoms with Crippen molar-refractivity contribution in [3.05, 3.63) is 23.9 Å². The van der Waals surface area contributed by atoms with E-state index in [9.17, 15) is 8.42 Å². The second-order valence-electron chi connectivity index (χ2n) is 2.76. The van der Waals surface area contributed by atoms with Gasteiger partial charge in [-0.15, -0.1) is 0 Å². The van der Waals surface area contributed by atoms with Crippen molar-refractivity contribution in [1.82, 2.24) is 4.98 Å². The molecule has 0 aliphatic carbocycles. The summed E-state index contributed by atoms with van der Waals surface area (Å²) < 4.78 is 22.7. The third-order valence-corrected chi connectivity index (χ3v) is 3.54. The average molecular weight is 199 g/mol. The van der Waals surface area contributed by atoms with Gasteiger partial charge in [-0.1, -0.05) is 19.9 Å². The summed E-state index contributed by atoms with van der Waals surface area (Å²) >= 11 is 0.